The lowest BCUT2D eigenvalue weighted by Crippen LogP contribution is -2.21. The van der Waals surface area contributed by atoms with E-state index < -0.39 is 0 Å². The van der Waals surface area contributed by atoms with Crippen molar-refractivity contribution in [3.63, 3.8) is 0 Å². The molecule has 0 bridgehead atoms. The zero-order valence-corrected chi connectivity index (χ0v) is 16.7. The largest absolute Gasteiger partial charge is 0.493 e. The molecule has 1 amide bonds. The summed E-state index contributed by atoms with van der Waals surface area (Å²) < 4.78 is 11.8. The van der Waals surface area contributed by atoms with Crippen LogP contribution in [-0.2, 0) is 4.79 Å². The average Bonchev–Trinajstić information content (AvgIpc) is 2.95. The Morgan fingerprint density at radius 1 is 1.26 bits per heavy atom. The van der Waals surface area contributed by atoms with Crippen molar-refractivity contribution in [3.05, 3.63) is 70.7 Å². The molecule has 0 N–H and O–H groups in total. The molecule has 3 rings (SSSR count). The van der Waals surface area contributed by atoms with Gasteiger partial charge in [-0.1, -0.05) is 30.9 Å². The van der Waals surface area contributed by atoms with Crippen molar-refractivity contribution < 1.29 is 14.3 Å². The van der Waals surface area contributed by atoms with Crippen molar-refractivity contribution in [3.8, 4) is 11.5 Å². The molecule has 1 heterocycles. The zero-order valence-electron chi connectivity index (χ0n) is 15.1. The van der Waals surface area contributed by atoms with Gasteiger partial charge in [-0.05, 0) is 58.8 Å². The van der Waals surface area contributed by atoms with Crippen LogP contribution < -0.4 is 14.5 Å². The first kappa shape index (κ1) is 18.9. The molecule has 2 aromatic rings. The molecule has 0 unspecified atom stereocenters. The molecule has 0 saturated heterocycles. The van der Waals surface area contributed by atoms with E-state index in [-0.39, 0.29) is 5.91 Å². The Balaban J connectivity index is 1.95. The van der Waals surface area contributed by atoms with Gasteiger partial charge in [0.2, 0.25) is 0 Å². The van der Waals surface area contributed by atoms with E-state index in [1.165, 1.54) is 5.01 Å². The van der Waals surface area contributed by atoms with Crippen LogP contribution in [0.25, 0.3) is 6.08 Å². The molecular weight excluding hydrogens is 408 g/mol. The Bertz CT molecular complexity index is 936. The van der Waals surface area contributed by atoms with Gasteiger partial charge in [0.15, 0.2) is 11.5 Å². The lowest BCUT2D eigenvalue weighted by atomic mass is 10.1. The number of rotatable bonds is 6. The van der Waals surface area contributed by atoms with Gasteiger partial charge in [0, 0.05) is 0 Å². The highest BCUT2D eigenvalue weighted by Gasteiger charge is 2.28. The summed E-state index contributed by atoms with van der Waals surface area (Å²) in [6.07, 6.45) is 3.46. The fourth-order valence-electron chi connectivity index (χ4n) is 2.70. The third kappa shape index (κ3) is 3.95. The highest BCUT2D eigenvalue weighted by molar-refractivity contribution is 9.10. The topological polar surface area (TPSA) is 51.1 Å². The normalized spacial score (nSPS) is 15.1. The molecule has 0 fully saturated rings. The maximum Gasteiger partial charge on any atom is 0.280 e. The predicted octanol–water partition coefficient (Wildman–Crippen LogP) is 4.83. The number of hydrazone groups is 1. The summed E-state index contributed by atoms with van der Waals surface area (Å²) in [5.41, 5.74) is 2.73. The third-order valence-electron chi connectivity index (χ3n) is 3.97. The molecule has 0 radical (unpaired) electrons. The molecule has 1 aliphatic heterocycles. The van der Waals surface area contributed by atoms with E-state index in [9.17, 15) is 4.79 Å². The summed E-state index contributed by atoms with van der Waals surface area (Å²) >= 11 is 3.50. The number of para-hydroxylation sites is 1. The molecule has 138 valence electrons. The first-order valence-corrected chi connectivity index (χ1v) is 9.12. The van der Waals surface area contributed by atoms with E-state index >= 15 is 0 Å². The van der Waals surface area contributed by atoms with Crippen molar-refractivity contribution in [2.45, 2.75) is 6.92 Å². The standard InChI is InChI=1S/C21H19BrN2O3/c1-4-10-27-20-18(22)12-15(13-19(20)26-3)11-17-14(2)23-24(21(17)25)16-8-6-5-7-9-16/h4-9,11-13H,1,10H2,2-3H3/b17-11+. The number of benzene rings is 2. The van der Waals surface area contributed by atoms with Gasteiger partial charge in [-0.15, -0.1) is 0 Å². The fourth-order valence-corrected chi connectivity index (χ4v) is 3.27. The van der Waals surface area contributed by atoms with Crippen LogP contribution in [0.4, 0.5) is 5.69 Å². The van der Waals surface area contributed by atoms with E-state index in [2.05, 4.69) is 27.6 Å². The van der Waals surface area contributed by atoms with Crippen molar-refractivity contribution >= 4 is 39.3 Å². The number of nitrogens with zero attached hydrogens (tertiary/aromatic N) is 2. The zero-order chi connectivity index (χ0) is 19.4. The Morgan fingerprint density at radius 2 is 2.00 bits per heavy atom. The van der Waals surface area contributed by atoms with Gasteiger partial charge in [0.05, 0.1) is 28.6 Å². The average molecular weight is 427 g/mol. The van der Waals surface area contributed by atoms with Crippen molar-refractivity contribution in [1.82, 2.24) is 0 Å². The van der Waals surface area contributed by atoms with E-state index in [1.807, 2.05) is 49.4 Å². The Hall–Kier alpha value is -2.86. The lowest BCUT2D eigenvalue weighted by molar-refractivity contribution is -0.114. The number of carbonyl (C=O) groups is 1. The van der Waals surface area contributed by atoms with Crippen LogP contribution in [-0.4, -0.2) is 25.3 Å². The van der Waals surface area contributed by atoms with Gasteiger partial charge in [0.25, 0.3) is 5.91 Å². The first-order chi connectivity index (χ1) is 13.0. The molecule has 2 aromatic carbocycles. The van der Waals surface area contributed by atoms with Crippen LogP contribution in [0.5, 0.6) is 11.5 Å². The minimum Gasteiger partial charge on any atom is -0.493 e. The van der Waals surface area contributed by atoms with E-state index in [0.29, 0.717) is 29.4 Å². The van der Waals surface area contributed by atoms with Crippen LogP contribution in [0.15, 0.2) is 70.3 Å². The van der Waals surface area contributed by atoms with Crippen molar-refractivity contribution in [1.29, 1.82) is 0 Å². The molecule has 0 saturated carbocycles. The molecule has 5 nitrogen and oxygen atoms in total. The van der Waals surface area contributed by atoms with Crippen molar-refractivity contribution in [2.24, 2.45) is 5.10 Å². The Morgan fingerprint density at radius 3 is 2.67 bits per heavy atom. The number of methoxy groups -OCH3 is 1. The van der Waals surface area contributed by atoms with E-state index in [0.717, 1.165) is 15.7 Å². The minimum atomic E-state index is -0.166. The number of halogens is 1. The molecule has 6 heteroatoms. The second-order valence-electron chi connectivity index (χ2n) is 5.83. The van der Waals surface area contributed by atoms with Crippen LogP contribution in [0.3, 0.4) is 0 Å². The maximum absolute atomic E-state index is 12.8. The van der Waals surface area contributed by atoms with Gasteiger partial charge in [-0.3, -0.25) is 4.79 Å². The van der Waals surface area contributed by atoms with Gasteiger partial charge in [-0.25, -0.2) is 0 Å². The monoisotopic (exact) mass is 426 g/mol. The summed E-state index contributed by atoms with van der Waals surface area (Å²) in [6.45, 7) is 5.84. The molecule has 27 heavy (non-hydrogen) atoms. The summed E-state index contributed by atoms with van der Waals surface area (Å²) in [6, 6.07) is 13.0. The second kappa shape index (κ2) is 8.22. The van der Waals surface area contributed by atoms with Gasteiger partial charge >= 0.3 is 0 Å². The number of amides is 1. The highest BCUT2D eigenvalue weighted by atomic mass is 79.9. The third-order valence-corrected chi connectivity index (χ3v) is 4.56. The van der Waals surface area contributed by atoms with E-state index in [1.54, 1.807) is 19.3 Å². The van der Waals surface area contributed by atoms with Crippen LogP contribution in [0.1, 0.15) is 12.5 Å². The fraction of sp³-hybridized carbons (Fsp3) is 0.143. The summed E-state index contributed by atoms with van der Waals surface area (Å²) in [7, 11) is 1.57. The minimum absolute atomic E-state index is 0.166. The molecule has 0 atom stereocenters. The highest BCUT2D eigenvalue weighted by Crippen LogP contribution is 2.37. The van der Waals surface area contributed by atoms with E-state index in [4.69, 9.17) is 9.47 Å². The molecule has 0 aromatic heterocycles. The summed E-state index contributed by atoms with van der Waals surface area (Å²) in [5.74, 6) is 0.993. The number of hydrogen-bond donors (Lipinski definition) is 0. The van der Waals surface area contributed by atoms with Gasteiger partial charge in [-0.2, -0.15) is 10.1 Å². The van der Waals surface area contributed by atoms with Crippen LogP contribution in [0, 0.1) is 0 Å². The summed E-state index contributed by atoms with van der Waals surface area (Å²) in [4.78, 5) is 12.8. The molecule has 1 aliphatic rings. The van der Waals surface area contributed by atoms with Gasteiger partial charge in [0.1, 0.15) is 6.61 Å². The Labute approximate surface area is 166 Å². The molecule has 0 spiro atoms. The maximum atomic E-state index is 12.8. The van der Waals surface area contributed by atoms with Gasteiger partial charge < -0.3 is 9.47 Å². The summed E-state index contributed by atoms with van der Waals surface area (Å²) in [5, 5.41) is 5.81. The number of carbonyl (C=O) groups excluding carboxylic acids is 1. The number of hydrogen-bond acceptors (Lipinski definition) is 4. The molecule has 0 aliphatic carbocycles. The second-order valence-corrected chi connectivity index (χ2v) is 6.68. The number of ether oxygens (including phenoxy) is 2. The smallest absolute Gasteiger partial charge is 0.280 e. The first-order valence-electron chi connectivity index (χ1n) is 8.33. The van der Waals surface area contributed by atoms with Crippen LogP contribution in [0.2, 0.25) is 0 Å². The number of anilines is 1. The SMILES string of the molecule is C=CCOc1c(Br)cc(/C=C2/C(=O)N(c3ccccc3)N=C2C)cc1OC. The quantitative estimate of drug-likeness (QED) is 0.490. The lowest BCUT2D eigenvalue weighted by Gasteiger charge is -2.13. The molecular formula is C21H19BrN2O3. The Kier molecular flexibility index (Phi) is 5.76. The predicted molar refractivity (Wildman–Crippen MR) is 111 cm³/mol. The van der Waals surface area contributed by atoms with Crippen LogP contribution >= 0.6 is 15.9 Å². The van der Waals surface area contributed by atoms with Crippen molar-refractivity contribution in [2.75, 3.05) is 18.7 Å².